The molecule has 1 saturated heterocycles. The first-order valence-electron chi connectivity index (χ1n) is 8.11. The van der Waals surface area contributed by atoms with Crippen LogP contribution in [0.5, 0.6) is 0 Å². The van der Waals surface area contributed by atoms with Gasteiger partial charge >= 0.3 is 0 Å². The molecular formula is C16H26N2O3S2. The minimum absolute atomic E-state index is 0.0800. The molecule has 1 amide bonds. The molecule has 5 nitrogen and oxygen atoms in total. The van der Waals surface area contributed by atoms with E-state index in [4.69, 9.17) is 0 Å². The predicted octanol–water partition coefficient (Wildman–Crippen LogP) is 2.34. The molecule has 1 aliphatic rings. The van der Waals surface area contributed by atoms with Gasteiger partial charge in [0.05, 0.1) is 6.26 Å². The van der Waals surface area contributed by atoms with Crippen LogP contribution < -0.4 is 0 Å². The minimum atomic E-state index is -3.22. The van der Waals surface area contributed by atoms with Crippen molar-refractivity contribution in [1.82, 2.24) is 9.21 Å². The zero-order valence-corrected chi connectivity index (χ0v) is 15.5. The number of piperidine rings is 1. The fraction of sp³-hybridized carbons (Fsp3) is 0.688. The molecule has 1 atom stereocenters. The third-order valence-corrected chi connectivity index (χ3v) is 6.71. The summed E-state index contributed by atoms with van der Waals surface area (Å²) in [5.74, 6) is 0.0800. The number of amides is 1. The molecule has 0 spiro atoms. The van der Waals surface area contributed by atoms with Crippen molar-refractivity contribution in [2.45, 2.75) is 44.6 Å². The largest absolute Gasteiger partial charge is 0.340 e. The quantitative estimate of drug-likeness (QED) is 0.752. The van der Waals surface area contributed by atoms with Gasteiger partial charge in [0.2, 0.25) is 15.9 Å². The zero-order chi connectivity index (χ0) is 16.9. The molecule has 2 heterocycles. The molecule has 1 fully saturated rings. The van der Waals surface area contributed by atoms with Crippen LogP contribution in [0.25, 0.3) is 0 Å². The van der Waals surface area contributed by atoms with Crippen LogP contribution in [0.2, 0.25) is 0 Å². The second-order valence-electron chi connectivity index (χ2n) is 6.19. The number of carbonyl (C=O) groups is 1. The monoisotopic (exact) mass is 358 g/mol. The fourth-order valence-electron chi connectivity index (χ4n) is 2.96. The average Bonchev–Trinajstić information content (AvgIpc) is 3.03. The van der Waals surface area contributed by atoms with Crippen LogP contribution in [0.3, 0.4) is 0 Å². The van der Waals surface area contributed by atoms with Gasteiger partial charge in [-0.3, -0.25) is 4.79 Å². The lowest BCUT2D eigenvalue weighted by Gasteiger charge is -2.36. The second kappa shape index (κ2) is 8.26. The Hall–Kier alpha value is -0.920. The van der Waals surface area contributed by atoms with Crippen molar-refractivity contribution in [1.29, 1.82) is 0 Å². The Morgan fingerprint density at radius 3 is 2.87 bits per heavy atom. The maximum atomic E-state index is 12.5. The summed E-state index contributed by atoms with van der Waals surface area (Å²) in [6.07, 6.45) is 6.70. The van der Waals surface area contributed by atoms with Crippen LogP contribution in [-0.2, 0) is 21.2 Å². The summed E-state index contributed by atoms with van der Waals surface area (Å²) in [7, 11) is -1.70. The molecule has 0 aromatic carbocycles. The van der Waals surface area contributed by atoms with Crippen molar-refractivity contribution in [2.24, 2.45) is 0 Å². The Balaban J connectivity index is 1.87. The van der Waals surface area contributed by atoms with Gasteiger partial charge in [-0.1, -0.05) is 6.07 Å². The van der Waals surface area contributed by atoms with Crippen molar-refractivity contribution in [3.8, 4) is 0 Å². The number of hydrogen-bond donors (Lipinski definition) is 0. The summed E-state index contributed by atoms with van der Waals surface area (Å²) >= 11 is 1.76. The molecule has 0 bridgehead atoms. The minimum Gasteiger partial charge on any atom is -0.340 e. The summed E-state index contributed by atoms with van der Waals surface area (Å²) in [5.41, 5.74) is 0. The van der Waals surface area contributed by atoms with Crippen molar-refractivity contribution < 1.29 is 13.2 Å². The summed E-state index contributed by atoms with van der Waals surface area (Å²) in [6, 6.07) is 4.49. The SMILES string of the molecule is CN(CCC(=O)N1CCCC[C@@H]1CCc1cccs1)S(C)(=O)=O. The highest BCUT2D eigenvalue weighted by Crippen LogP contribution is 2.23. The van der Waals surface area contributed by atoms with Crippen LogP contribution in [0.1, 0.15) is 37.0 Å². The normalized spacial score (nSPS) is 19.3. The first-order chi connectivity index (χ1) is 10.9. The van der Waals surface area contributed by atoms with Crippen molar-refractivity contribution >= 4 is 27.3 Å². The van der Waals surface area contributed by atoms with E-state index in [9.17, 15) is 13.2 Å². The molecule has 1 aromatic heterocycles. The van der Waals surface area contributed by atoms with Crippen LogP contribution >= 0.6 is 11.3 Å². The standard InChI is InChI=1S/C16H26N2O3S2/c1-17(23(2,20)21)12-10-16(19)18-11-4-3-6-14(18)8-9-15-7-5-13-22-15/h5,7,13-14H,3-4,6,8-12H2,1-2H3/t14-/m1/s1. The van der Waals surface area contributed by atoms with Gasteiger partial charge in [-0.25, -0.2) is 12.7 Å². The highest BCUT2D eigenvalue weighted by Gasteiger charge is 2.26. The van der Waals surface area contributed by atoms with E-state index in [1.54, 1.807) is 11.3 Å². The van der Waals surface area contributed by atoms with E-state index in [0.717, 1.165) is 32.2 Å². The number of carbonyl (C=O) groups excluding carboxylic acids is 1. The van der Waals surface area contributed by atoms with E-state index in [0.29, 0.717) is 6.04 Å². The van der Waals surface area contributed by atoms with Gasteiger partial charge < -0.3 is 4.90 Å². The van der Waals surface area contributed by atoms with E-state index in [1.807, 2.05) is 4.90 Å². The maximum absolute atomic E-state index is 12.5. The van der Waals surface area contributed by atoms with Gasteiger partial charge in [-0.2, -0.15) is 0 Å². The number of sulfonamides is 1. The Labute approximate surface area is 143 Å². The van der Waals surface area contributed by atoms with Gasteiger partial charge in [0.25, 0.3) is 0 Å². The van der Waals surface area contributed by atoms with Crippen LogP contribution in [0.15, 0.2) is 17.5 Å². The molecule has 0 radical (unpaired) electrons. The van der Waals surface area contributed by atoms with E-state index in [-0.39, 0.29) is 18.9 Å². The highest BCUT2D eigenvalue weighted by atomic mass is 32.2. The van der Waals surface area contributed by atoms with Crippen LogP contribution in [0.4, 0.5) is 0 Å². The smallest absolute Gasteiger partial charge is 0.224 e. The first kappa shape index (κ1) is 18.4. The number of hydrogen-bond acceptors (Lipinski definition) is 4. The second-order valence-corrected chi connectivity index (χ2v) is 9.31. The lowest BCUT2D eigenvalue weighted by atomic mass is 9.97. The first-order valence-corrected chi connectivity index (χ1v) is 10.8. The Morgan fingerprint density at radius 1 is 1.43 bits per heavy atom. The van der Waals surface area contributed by atoms with E-state index >= 15 is 0 Å². The molecular weight excluding hydrogens is 332 g/mol. The fourth-order valence-corrected chi connectivity index (χ4v) is 4.10. The third kappa shape index (κ3) is 5.58. The molecule has 130 valence electrons. The third-order valence-electron chi connectivity index (χ3n) is 4.46. The molecule has 1 aliphatic heterocycles. The molecule has 7 heteroatoms. The maximum Gasteiger partial charge on any atom is 0.224 e. The Morgan fingerprint density at radius 2 is 2.22 bits per heavy atom. The number of aryl methyl sites for hydroxylation is 1. The number of nitrogens with zero attached hydrogens (tertiary/aromatic N) is 2. The van der Waals surface area contributed by atoms with Gasteiger partial charge in [0.15, 0.2) is 0 Å². The van der Waals surface area contributed by atoms with Gasteiger partial charge in [0.1, 0.15) is 0 Å². The molecule has 1 aromatic rings. The molecule has 0 aliphatic carbocycles. The summed E-state index contributed by atoms with van der Waals surface area (Å²) in [4.78, 5) is 15.8. The Kier molecular flexibility index (Phi) is 6.61. The number of rotatable bonds is 7. The van der Waals surface area contributed by atoms with Gasteiger partial charge in [-0.05, 0) is 43.6 Å². The number of thiophene rings is 1. The number of likely N-dealkylation sites (tertiary alicyclic amines) is 1. The van der Waals surface area contributed by atoms with Crippen molar-refractivity contribution in [3.63, 3.8) is 0 Å². The molecule has 2 rings (SSSR count). The van der Waals surface area contributed by atoms with Crippen molar-refractivity contribution in [2.75, 3.05) is 26.4 Å². The summed E-state index contributed by atoms with van der Waals surface area (Å²) in [5, 5.41) is 2.08. The van der Waals surface area contributed by atoms with Gasteiger partial charge in [0, 0.05) is 37.5 Å². The molecule has 0 unspecified atom stereocenters. The van der Waals surface area contributed by atoms with E-state index < -0.39 is 10.0 Å². The topological polar surface area (TPSA) is 57.7 Å². The summed E-state index contributed by atoms with van der Waals surface area (Å²) in [6.45, 7) is 1.06. The highest BCUT2D eigenvalue weighted by molar-refractivity contribution is 7.88. The van der Waals surface area contributed by atoms with Crippen LogP contribution in [0, 0.1) is 0 Å². The van der Waals surface area contributed by atoms with Gasteiger partial charge in [-0.15, -0.1) is 11.3 Å². The van der Waals surface area contributed by atoms with E-state index in [1.165, 1.54) is 28.9 Å². The zero-order valence-electron chi connectivity index (χ0n) is 13.9. The van der Waals surface area contributed by atoms with E-state index in [2.05, 4.69) is 17.5 Å². The predicted molar refractivity (Wildman–Crippen MR) is 94.1 cm³/mol. The molecule has 0 N–H and O–H groups in total. The average molecular weight is 359 g/mol. The van der Waals surface area contributed by atoms with Crippen molar-refractivity contribution in [3.05, 3.63) is 22.4 Å². The lowest BCUT2D eigenvalue weighted by Crippen LogP contribution is -2.45. The molecule has 0 saturated carbocycles. The lowest BCUT2D eigenvalue weighted by molar-refractivity contribution is -0.135. The Bertz CT molecular complexity index is 599. The van der Waals surface area contributed by atoms with Crippen LogP contribution in [-0.4, -0.2) is 56.0 Å². The summed E-state index contributed by atoms with van der Waals surface area (Å²) < 4.78 is 24.1. The molecule has 23 heavy (non-hydrogen) atoms.